The number of tetrazole rings is 1. The maximum absolute atomic E-state index is 10.5. The van der Waals surface area contributed by atoms with E-state index in [1.54, 1.807) is 5.57 Å². The number of rotatable bonds is 3. The molecule has 1 amide bonds. The smallest absolute Gasteiger partial charge is 0.407 e. The van der Waals surface area contributed by atoms with Crippen LogP contribution < -0.4 is 5.32 Å². The normalized spacial score (nSPS) is 24.9. The van der Waals surface area contributed by atoms with Gasteiger partial charge in [-0.2, -0.15) is 5.21 Å². The molecule has 1 unspecified atom stereocenters. The quantitative estimate of drug-likeness (QED) is 0.829. The molecule has 0 spiro atoms. The van der Waals surface area contributed by atoms with Crippen LogP contribution >= 0.6 is 0 Å². The lowest BCUT2D eigenvalue weighted by Crippen LogP contribution is -2.34. The molecule has 1 heterocycles. The number of hydrogen-bond acceptors (Lipinski definition) is 5. The van der Waals surface area contributed by atoms with Crippen LogP contribution in [0.25, 0.3) is 0 Å². The minimum absolute atomic E-state index is 0.387. The number of nitrogens with one attached hydrogen (secondary N) is 2. The Balaban J connectivity index is 0.000000202. The molecule has 2 aliphatic carbocycles. The van der Waals surface area contributed by atoms with E-state index in [-0.39, 0.29) is 11.7 Å². The molecule has 134 valence electrons. The van der Waals surface area contributed by atoms with Crippen molar-refractivity contribution in [2.75, 3.05) is 7.05 Å². The molecule has 0 aliphatic heterocycles. The Hall–Kier alpha value is -1.92. The molecule has 1 fully saturated rings. The summed E-state index contributed by atoms with van der Waals surface area (Å²) in [6, 6.07) is 0. The Morgan fingerprint density at radius 2 is 2.21 bits per heavy atom. The van der Waals surface area contributed by atoms with Crippen LogP contribution in [0.1, 0.15) is 52.8 Å². The van der Waals surface area contributed by atoms with E-state index in [2.05, 4.69) is 38.9 Å². The van der Waals surface area contributed by atoms with Gasteiger partial charge in [0.15, 0.2) is 5.82 Å². The topological polar surface area (TPSA) is 92.8 Å². The second-order valence-corrected chi connectivity index (χ2v) is 7.50. The van der Waals surface area contributed by atoms with Crippen molar-refractivity contribution in [3.05, 3.63) is 17.5 Å². The lowest BCUT2D eigenvalue weighted by molar-refractivity contribution is 0.0541. The summed E-state index contributed by atoms with van der Waals surface area (Å²) in [4.78, 5) is 10.5. The summed E-state index contributed by atoms with van der Waals surface area (Å²) >= 11 is 0. The molecule has 1 aromatic heterocycles. The molecule has 2 N–H and O–H groups in total. The molecule has 7 nitrogen and oxygen atoms in total. The Labute approximate surface area is 143 Å². The lowest BCUT2D eigenvalue weighted by atomic mass is 9.65. The first-order valence-electron chi connectivity index (χ1n) is 8.65. The van der Waals surface area contributed by atoms with Gasteiger partial charge in [-0.1, -0.05) is 23.8 Å². The van der Waals surface area contributed by atoms with Crippen molar-refractivity contribution in [3.8, 4) is 0 Å². The van der Waals surface area contributed by atoms with Gasteiger partial charge in [0.05, 0.1) is 0 Å². The zero-order chi connectivity index (χ0) is 17.7. The summed E-state index contributed by atoms with van der Waals surface area (Å²) in [5, 5.41) is 16.5. The number of amides is 1. The average molecular weight is 335 g/mol. The number of hydrogen-bond donors (Lipinski definition) is 2. The van der Waals surface area contributed by atoms with Crippen LogP contribution in [0.5, 0.6) is 0 Å². The number of fused-ring (bicyclic) bond motifs is 1. The predicted octanol–water partition coefficient (Wildman–Crippen LogP) is 2.88. The molecule has 3 rings (SSSR count). The highest BCUT2D eigenvalue weighted by molar-refractivity contribution is 5.67. The van der Waals surface area contributed by atoms with E-state index in [9.17, 15) is 4.79 Å². The van der Waals surface area contributed by atoms with E-state index in [0.29, 0.717) is 0 Å². The zero-order valence-electron chi connectivity index (χ0n) is 15.3. The van der Waals surface area contributed by atoms with Crippen LogP contribution in [0.3, 0.4) is 0 Å². The average Bonchev–Trinajstić information content (AvgIpc) is 3.11. The van der Waals surface area contributed by atoms with Gasteiger partial charge in [-0.25, -0.2) is 4.79 Å². The fourth-order valence-electron chi connectivity index (χ4n) is 3.37. The number of ether oxygens (including phenoxy) is 1. The highest BCUT2D eigenvalue weighted by Crippen LogP contribution is 2.51. The molecule has 0 saturated heterocycles. The molecule has 0 bridgehead atoms. The van der Waals surface area contributed by atoms with Crippen molar-refractivity contribution in [3.63, 3.8) is 0 Å². The highest BCUT2D eigenvalue weighted by Gasteiger charge is 2.43. The summed E-state index contributed by atoms with van der Waals surface area (Å²) < 4.78 is 4.84. The number of aromatic nitrogens is 4. The Morgan fingerprint density at radius 1 is 1.46 bits per heavy atom. The van der Waals surface area contributed by atoms with E-state index in [4.69, 9.17) is 4.74 Å². The fourth-order valence-corrected chi connectivity index (χ4v) is 3.37. The zero-order valence-corrected chi connectivity index (χ0v) is 15.3. The van der Waals surface area contributed by atoms with Gasteiger partial charge in [-0.3, -0.25) is 0 Å². The molecule has 3 atom stereocenters. The van der Waals surface area contributed by atoms with Crippen molar-refractivity contribution in [1.29, 1.82) is 0 Å². The lowest BCUT2D eigenvalue weighted by Gasteiger charge is -2.39. The molecule has 2 aliphatic rings. The maximum Gasteiger partial charge on any atom is 0.407 e. The largest absolute Gasteiger partial charge is 0.444 e. The first kappa shape index (κ1) is 18.4. The van der Waals surface area contributed by atoms with Crippen LogP contribution in [-0.2, 0) is 11.2 Å². The monoisotopic (exact) mass is 335 g/mol. The number of allylic oxidation sites excluding steroid dienone is 2. The molecular formula is C17H29N5O2. The van der Waals surface area contributed by atoms with Gasteiger partial charge in [0.1, 0.15) is 5.60 Å². The summed E-state index contributed by atoms with van der Waals surface area (Å²) in [7, 11) is 1.54. The Kier molecular flexibility index (Phi) is 5.96. The first-order chi connectivity index (χ1) is 11.3. The summed E-state index contributed by atoms with van der Waals surface area (Å²) in [5.41, 5.74) is 1.26. The molecule has 0 aromatic carbocycles. The SMILES string of the molecule is CCC1=C[C@H]2C(Cc3nn[nH]n3)C[C@H]2C1.CNC(=O)OC(C)(C)C. The van der Waals surface area contributed by atoms with Crippen molar-refractivity contribution >= 4 is 6.09 Å². The summed E-state index contributed by atoms with van der Waals surface area (Å²) in [6.07, 6.45) is 7.01. The molecule has 1 saturated carbocycles. The van der Waals surface area contributed by atoms with Gasteiger partial charge in [0.25, 0.3) is 0 Å². The van der Waals surface area contributed by atoms with Gasteiger partial charge in [0, 0.05) is 13.5 Å². The van der Waals surface area contributed by atoms with Gasteiger partial charge in [-0.15, -0.1) is 10.2 Å². The first-order valence-corrected chi connectivity index (χ1v) is 8.65. The van der Waals surface area contributed by atoms with Gasteiger partial charge >= 0.3 is 6.09 Å². The van der Waals surface area contributed by atoms with E-state index < -0.39 is 0 Å². The van der Waals surface area contributed by atoms with Gasteiger partial charge in [-0.05, 0) is 57.8 Å². The Morgan fingerprint density at radius 3 is 2.71 bits per heavy atom. The summed E-state index contributed by atoms with van der Waals surface area (Å²) in [5.74, 6) is 3.36. The van der Waals surface area contributed by atoms with Crippen molar-refractivity contribution in [2.45, 2.75) is 59.0 Å². The second kappa shape index (κ2) is 7.77. The molecule has 7 heteroatoms. The second-order valence-electron chi connectivity index (χ2n) is 7.50. The molecular weight excluding hydrogens is 306 g/mol. The van der Waals surface area contributed by atoms with Crippen LogP contribution in [0.4, 0.5) is 4.79 Å². The number of H-pyrrole nitrogens is 1. The molecule has 0 radical (unpaired) electrons. The number of nitrogens with zero attached hydrogens (tertiary/aromatic N) is 3. The van der Waals surface area contributed by atoms with Crippen molar-refractivity contribution in [1.82, 2.24) is 25.9 Å². The summed E-state index contributed by atoms with van der Waals surface area (Å²) in [6.45, 7) is 7.72. The Bertz CT molecular complexity index is 562. The van der Waals surface area contributed by atoms with Crippen LogP contribution in [0, 0.1) is 17.8 Å². The van der Waals surface area contributed by atoms with Crippen molar-refractivity contribution in [2.24, 2.45) is 17.8 Å². The number of alkyl carbamates (subject to hydrolysis) is 1. The van der Waals surface area contributed by atoms with E-state index in [0.717, 1.165) is 30.0 Å². The third-order valence-electron chi connectivity index (χ3n) is 4.54. The van der Waals surface area contributed by atoms with Crippen LogP contribution in [0.15, 0.2) is 11.6 Å². The van der Waals surface area contributed by atoms with E-state index >= 15 is 0 Å². The minimum atomic E-state index is -0.389. The van der Waals surface area contributed by atoms with E-state index in [1.165, 1.54) is 26.3 Å². The van der Waals surface area contributed by atoms with E-state index in [1.807, 2.05) is 20.8 Å². The van der Waals surface area contributed by atoms with Gasteiger partial charge < -0.3 is 10.1 Å². The molecule has 1 aromatic rings. The highest BCUT2D eigenvalue weighted by atomic mass is 16.6. The fraction of sp³-hybridized carbons (Fsp3) is 0.765. The third kappa shape index (κ3) is 5.04. The van der Waals surface area contributed by atoms with Gasteiger partial charge in [0.2, 0.25) is 0 Å². The molecule has 24 heavy (non-hydrogen) atoms. The van der Waals surface area contributed by atoms with Crippen LogP contribution in [0.2, 0.25) is 0 Å². The number of aromatic amines is 1. The standard InChI is InChI=1S/C11H16N4.C6H13NO2/c1-2-7-3-8-5-9(10(8)4-7)6-11-12-14-15-13-11;1-6(2,3)9-5(8)7-4/h4,8-10H,2-3,5-6H2,1H3,(H,12,13,14,15);1-4H3,(H,7,8)/t8-,9?,10-;/m1./s1. The third-order valence-corrected chi connectivity index (χ3v) is 4.54. The predicted molar refractivity (Wildman–Crippen MR) is 91.3 cm³/mol. The number of carbonyl (C=O) groups excluding carboxylic acids is 1. The number of carbonyl (C=O) groups is 1. The van der Waals surface area contributed by atoms with Crippen LogP contribution in [-0.4, -0.2) is 39.4 Å². The minimum Gasteiger partial charge on any atom is -0.444 e. The van der Waals surface area contributed by atoms with Crippen molar-refractivity contribution < 1.29 is 9.53 Å². The maximum atomic E-state index is 10.5.